The molecule has 1 saturated heterocycles. The van der Waals surface area contributed by atoms with Gasteiger partial charge < -0.3 is 9.64 Å². The van der Waals surface area contributed by atoms with Crippen molar-refractivity contribution in [3.63, 3.8) is 0 Å². The van der Waals surface area contributed by atoms with Gasteiger partial charge in [0.15, 0.2) is 0 Å². The zero-order chi connectivity index (χ0) is 22.3. The molecule has 1 unspecified atom stereocenters. The third kappa shape index (κ3) is 5.56. The number of carbonyl (C=O) groups excluding carboxylic acids is 1. The molecule has 1 aliphatic rings. The number of rotatable bonds is 8. The van der Waals surface area contributed by atoms with Crippen LogP contribution in [0.25, 0.3) is 0 Å². The summed E-state index contributed by atoms with van der Waals surface area (Å²) in [5, 5.41) is 4.38. The Hall–Kier alpha value is -2.70. The maximum Gasteiger partial charge on any atom is 0.272 e. The molecule has 6 heteroatoms. The molecule has 1 fully saturated rings. The predicted molar refractivity (Wildman–Crippen MR) is 129 cm³/mol. The van der Waals surface area contributed by atoms with E-state index in [9.17, 15) is 4.79 Å². The molecule has 0 N–H and O–H groups in total. The number of carbonyl (C=O) groups is 1. The van der Waals surface area contributed by atoms with Crippen molar-refractivity contribution in [2.24, 2.45) is 5.92 Å². The van der Waals surface area contributed by atoms with Crippen molar-refractivity contribution in [2.45, 2.75) is 31.8 Å². The van der Waals surface area contributed by atoms with E-state index in [1.165, 1.54) is 11.1 Å². The lowest BCUT2D eigenvalue weighted by atomic mass is 9.84. The van der Waals surface area contributed by atoms with Gasteiger partial charge in [0.05, 0.1) is 7.11 Å². The highest BCUT2D eigenvalue weighted by molar-refractivity contribution is 7.07. The fourth-order valence-electron chi connectivity index (χ4n) is 4.62. The van der Waals surface area contributed by atoms with Crippen LogP contribution < -0.4 is 4.74 Å². The van der Waals surface area contributed by atoms with Crippen LogP contribution in [0.3, 0.4) is 0 Å². The monoisotopic (exact) mass is 449 g/mol. The van der Waals surface area contributed by atoms with E-state index >= 15 is 0 Å². The minimum absolute atomic E-state index is 0.0146. The lowest BCUT2D eigenvalue weighted by molar-refractivity contribution is 0.0579. The van der Waals surface area contributed by atoms with Crippen LogP contribution in [0.15, 0.2) is 65.5 Å². The van der Waals surface area contributed by atoms with Crippen LogP contribution in [0, 0.1) is 5.92 Å². The first-order valence-corrected chi connectivity index (χ1v) is 12.1. The second-order valence-electron chi connectivity index (χ2n) is 8.50. The predicted octanol–water partition coefficient (Wildman–Crippen LogP) is 4.75. The number of hydrogen-bond donors (Lipinski definition) is 0. The second kappa shape index (κ2) is 10.7. The van der Waals surface area contributed by atoms with Crippen molar-refractivity contribution >= 4 is 17.2 Å². The van der Waals surface area contributed by atoms with Crippen LogP contribution in [-0.2, 0) is 13.0 Å². The Morgan fingerprint density at radius 3 is 2.72 bits per heavy atom. The van der Waals surface area contributed by atoms with E-state index in [0.717, 1.165) is 44.6 Å². The molecule has 1 amide bonds. The Labute approximate surface area is 194 Å². The highest BCUT2D eigenvalue weighted by atomic mass is 32.1. The standard InChI is InChI=1S/C26H31N3O2S/c1-28(26(30)24-8-3-4-12-27-24)25(17-20-6-5-7-23(16-20)31-2)22-9-13-29(14-10-22)18-21-11-15-32-19-21/h3-8,11-12,15-16,19,22,25H,9-10,13-14,17-18H2,1-2H3. The first-order chi connectivity index (χ1) is 15.6. The molecule has 0 bridgehead atoms. The fourth-order valence-corrected chi connectivity index (χ4v) is 5.28. The molecule has 3 heterocycles. The van der Waals surface area contributed by atoms with Gasteiger partial charge in [0, 0.05) is 25.8 Å². The van der Waals surface area contributed by atoms with Crippen LogP contribution in [0.1, 0.15) is 34.5 Å². The van der Waals surface area contributed by atoms with E-state index in [1.54, 1.807) is 30.7 Å². The Kier molecular flexibility index (Phi) is 7.55. The zero-order valence-corrected chi connectivity index (χ0v) is 19.6. The minimum Gasteiger partial charge on any atom is -0.497 e. The van der Waals surface area contributed by atoms with Gasteiger partial charge in [0.1, 0.15) is 11.4 Å². The number of ether oxygens (including phenoxy) is 1. The summed E-state index contributed by atoms with van der Waals surface area (Å²) in [7, 11) is 3.62. The molecule has 168 valence electrons. The minimum atomic E-state index is -0.0146. The average Bonchev–Trinajstić information content (AvgIpc) is 3.36. The van der Waals surface area contributed by atoms with Crippen LogP contribution in [0.2, 0.25) is 0 Å². The van der Waals surface area contributed by atoms with Crippen molar-refractivity contribution in [3.05, 3.63) is 82.3 Å². The Balaban J connectivity index is 1.49. The third-order valence-electron chi connectivity index (χ3n) is 6.44. The number of methoxy groups -OCH3 is 1. The largest absolute Gasteiger partial charge is 0.497 e. The normalized spacial score (nSPS) is 15.9. The Morgan fingerprint density at radius 1 is 1.19 bits per heavy atom. The van der Waals surface area contributed by atoms with Gasteiger partial charge in [-0.3, -0.25) is 14.7 Å². The van der Waals surface area contributed by atoms with E-state index in [2.05, 4.69) is 38.8 Å². The third-order valence-corrected chi connectivity index (χ3v) is 7.18. The van der Waals surface area contributed by atoms with E-state index < -0.39 is 0 Å². The number of likely N-dealkylation sites (N-methyl/N-ethyl adjacent to an activating group) is 1. The molecule has 32 heavy (non-hydrogen) atoms. The number of hydrogen-bond acceptors (Lipinski definition) is 5. The number of pyridine rings is 1. The topological polar surface area (TPSA) is 45.7 Å². The molecule has 0 saturated carbocycles. The number of nitrogens with zero attached hydrogens (tertiary/aromatic N) is 3. The molecule has 1 aliphatic heterocycles. The zero-order valence-electron chi connectivity index (χ0n) is 18.8. The molecule has 0 aliphatic carbocycles. The quantitative estimate of drug-likeness (QED) is 0.498. The van der Waals surface area contributed by atoms with Gasteiger partial charge in [0.25, 0.3) is 5.91 Å². The van der Waals surface area contributed by atoms with Crippen LogP contribution >= 0.6 is 11.3 Å². The highest BCUT2D eigenvalue weighted by Gasteiger charge is 2.32. The van der Waals surface area contributed by atoms with Gasteiger partial charge in [-0.1, -0.05) is 18.2 Å². The first-order valence-electron chi connectivity index (χ1n) is 11.2. The molecule has 4 rings (SSSR count). The summed E-state index contributed by atoms with van der Waals surface area (Å²) in [6, 6.07) is 16.0. The summed E-state index contributed by atoms with van der Waals surface area (Å²) in [6.45, 7) is 3.13. The number of thiophene rings is 1. The molecule has 1 aromatic carbocycles. The smallest absolute Gasteiger partial charge is 0.272 e. The summed E-state index contributed by atoms with van der Waals surface area (Å²) in [5.41, 5.74) is 3.08. The SMILES string of the molecule is COc1cccc(CC(C2CCN(Cc3ccsc3)CC2)N(C)C(=O)c2ccccn2)c1. The molecule has 5 nitrogen and oxygen atoms in total. The van der Waals surface area contributed by atoms with E-state index in [1.807, 2.05) is 36.2 Å². The van der Waals surface area contributed by atoms with Crippen molar-refractivity contribution in [1.29, 1.82) is 0 Å². The maximum atomic E-state index is 13.2. The molecular formula is C26H31N3O2S. The van der Waals surface area contributed by atoms with E-state index in [-0.39, 0.29) is 11.9 Å². The number of piperidine rings is 1. The van der Waals surface area contributed by atoms with Crippen molar-refractivity contribution in [1.82, 2.24) is 14.8 Å². The average molecular weight is 450 g/mol. The second-order valence-corrected chi connectivity index (χ2v) is 9.28. The van der Waals surface area contributed by atoms with Crippen LogP contribution in [-0.4, -0.2) is 54.0 Å². The highest BCUT2D eigenvalue weighted by Crippen LogP contribution is 2.29. The first kappa shape index (κ1) is 22.5. The van der Waals surface area contributed by atoms with Crippen LogP contribution in [0.4, 0.5) is 0 Å². The number of likely N-dealkylation sites (tertiary alicyclic amines) is 1. The molecule has 0 spiro atoms. The van der Waals surface area contributed by atoms with Gasteiger partial charge in [-0.15, -0.1) is 0 Å². The van der Waals surface area contributed by atoms with Gasteiger partial charge in [-0.2, -0.15) is 11.3 Å². The van der Waals surface area contributed by atoms with Crippen molar-refractivity contribution in [3.8, 4) is 5.75 Å². The Morgan fingerprint density at radius 2 is 2.03 bits per heavy atom. The van der Waals surface area contributed by atoms with Crippen molar-refractivity contribution < 1.29 is 9.53 Å². The molecule has 3 aromatic rings. The summed E-state index contributed by atoms with van der Waals surface area (Å²) >= 11 is 1.76. The molecule has 0 radical (unpaired) electrons. The molecule has 1 atom stereocenters. The summed E-state index contributed by atoms with van der Waals surface area (Å²) in [4.78, 5) is 22.0. The number of aromatic nitrogens is 1. The fraction of sp³-hybridized carbons (Fsp3) is 0.385. The molecular weight excluding hydrogens is 418 g/mol. The van der Waals surface area contributed by atoms with Crippen LogP contribution in [0.5, 0.6) is 5.75 Å². The van der Waals surface area contributed by atoms with E-state index in [0.29, 0.717) is 11.6 Å². The number of amides is 1. The van der Waals surface area contributed by atoms with Gasteiger partial charge >= 0.3 is 0 Å². The lowest BCUT2D eigenvalue weighted by Crippen LogP contribution is -2.47. The summed E-state index contributed by atoms with van der Waals surface area (Å²) in [6.07, 6.45) is 4.65. The van der Waals surface area contributed by atoms with Gasteiger partial charge in [-0.05, 0) is 90.5 Å². The summed E-state index contributed by atoms with van der Waals surface area (Å²) in [5.74, 6) is 1.28. The number of benzene rings is 1. The lowest BCUT2D eigenvalue weighted by Gasteiger charge is -2.40. The molecule has 2 aromatic heterocycles. The van der Waals surface area contributed by atoms with E-state index in [4.69, 9.17) is 4.74 Å². The Bertz CT molecular complexity index is 985. The van der Waals surface area contributed by atoms with Gasteiger partial charge in [0.2, 0.25) is 0 Å². The van der Waals surface area contributed by atoms with Gasteiger partial charge in [-0.25, -0.2) is 0 Å². The summed E-state index contributed by atoms with van der Waals surface area (Å²) < 4.78 is 5.43. The maximum absolute atomic E-state index is 13.2. The van der Waals surface area contributed by atoms with Crippen molar-refractivity contribution in [2.75, 3.05) is 27.2 Å².